The molecule has 0 unspecified atom stereocenters. The van der Waals surface area contributed by atoms with Crippen molar-refractivity contribution in [1.29, 1.82) is 0 Å². The van der Waals surface area contributed by atoms with E-state index in [1.165, 1.54) is 24.9 Å². The van der Waals surface area contributed by atoms with Gasteiger partial charge in [0.1, 0.15) is 6.54 Å². The van der Waals surface area contributed by atoms with Crippen molar-refractivity contribution in [2.75, 3.05) is 44.2 Å². The van der Waals surface area contributed by atoms with Crippen molar-refractivity contribution in [3.63, 3.8) is 0 Å². The molecule has 2 fully saturated rings. The molecule has 7 heteroatoms. The van der Waals surface area contributed by atoms with Gasteiger partial charge in [-0.15, -0.1) is 24.0 Å². The van der Waals surface area contributed by atoms with E-state index >= 15 is 0 Å². The molecule has 1 aliphatic carbocycles. The molecule has 156 valence electrons. The molecule has 1 amide bonds. The standard InChI is InChI=1S/C21H33N5O.HI/c1-2-22-21(23-17-20(27)24-18-9-5-3-6-10-18)26-15-13-25(14-16-26)19-11-7-4-8-12-19;/h4,7-8,11-12,18H,2-3,5-6,9-10,13-17H2,1H3,(H,22,23)(H,24,27);1H. The monoisotopic (exact) mass is 499 g/mol. The van der Waals surface area contributed by atoms with Crippen molar-refractivity contribution >= 4 is 41.5 Å². The fourth-order valence-corrected chi connectivity index (χ4v) is 3.91. The van der Waals surface area contributed by atoms with Crippen molar-refractivity contribution < 1.29 is 4.79 Å². The van der Waals surface area contributed by atoms with E-state index in [2.05, 4.69) is 56.6 Å². The molecule has 1 aromatic carbocycles. The number of nitrogens with zero attached hydrogens (tertiary/aromatic N) is 3. The summed E-state index contributed by atoms with van der Waals surface area (Å²) >= 11 is 0. The second-order valence-electron chi connectivity index (χ2n) is 7.38. The third kappa shape index (κ3) is 6.83. The highest BCUT2D eigenvalue weighted by atomic mass is 127. The van der Waals surface area contributed by atoms with Crippen LogP contribution < -0.4 is 15.5 Å². The van der Waals surface area contributed by atoms with Crippen LogP contribution in [0.1, 0.15) is 39.0 Å². The number of para-hydroxylation sites is 1. The predicted molar refractivity (Wildman–Crippen MR) is 127 cm³/mol. The van der Waals surface area contributed by atoms with Crippen molar-refractivity contribution in [1.82, 2.24) is 15.5 Å². The maximum atomic E-state index is 12.3. The summed E-state index contributed by atoms with van der Waals surface area (Å²) in [5, 5.41) is 6.49. The first-order chi connectivity index (χ1) is 13.3. The number of halogens is 1. The highest BCUT2D eigenvalue weighted by Gasteiger charge is 2.20. The molecule has 0 radical (unpaired) electrons. The Hall–Kier alpha value is -1.51. The molecule has 6 nitrogen and oxygen atoms in total. The van der Waals surface area contributed by atoms with Gasteiger partial charge >= 0.3 is 0 Å². The molecular weight excluding hydrogens is 465 g/mol. The lowest BCUT2D eigenvalue weighted by atomic mass is 9.95. The molecular formula is C21H34IN5O. The number of benzene rings is 1. The van der Waals surface area contributed by atoms with Crippen molar-refractivity contribution in [2.45, 2.75) is 45.1 Å². The maximum Gasteiger partial charge on any atom is 0.242 e. The Bertz CT molecular complexity index is 610. The quantitative estimate of drug-likeness (QED) is 0.372. The first-order valence-electron chi connectivity index (χ1n) is 10.4. The summed E-state index contributed by atoms with van der Waals surface area (Å²) in [7, 11) is 0. The van der Waals surface area contributed by atoms with Gasteiger partial charge in [-0.25, -0.2) is 4.99 Å². The number of hydrogen-bond donors (Lipinski definition) is 2. The van der Waals surface area contributed by atoms with E-state index in [0.29, 0.717) is 6.04 Å². The Kier molecular flexibility index (Phi) is 9.87. The van der Waals surface area contributed by atoms with Gasteiger partial charge in [0, 0.05) is 44.5 Å². The van der Waals surface area contributed by atoms with Crippen molar-refractivity contribution in [2.24, 2.45) is 4.99 Å². The third-order valence-electron chi connectivity index (χ3n) is 5.38. The van der Waals surface area contributed by atoms with Gasteiger partial charge in [0.2, 0.25) is 5.91 Å². The van der Waals surface area contributed by atoms with Crippen LogP contribution in [0.5, 0.6) is 0 Å². The molecule has 28 heavy (non-hydrogen) atoms. The topological polar surface area (TPSA) is 60.0 Å². The van der Waals surface area contributed by atoms with Crippen molar-refractivity contribution in [3.05, 3.63) is 30.3 Å². The highest BCUT2D eigenvalue weighted by molar-refractivity contribution is 14.0. The zero-order valence-electron chi connectivity index (χ0n) is 16.9. The van der Waals surface area contributed by atoms with Gasteiger partial charge in [0.25, 0.3) is 0 Å². The second kappa shape index (κ2) is 12.1. The van der Waals surface area contributed by atoms with E-state index in [-0.39, 0.29) is 36.4 Å². The molecule has 0 atom stereocenters. The molecule has 1 aromatic rings. The number of guanidine groups is 1. The van der Waals surface area contributed by atoms with Crippen LogP contribution in [-0.4, -0.2) is 62.1 Å². The number of hydrogen-bond acceptors (Lipinski definition) is 3. The lowest BCUT2D eigenvalue weighted by Crippen LogP contribution is -2.52. The number of anilines is 1. The van der Waals surface area contributed by atoms with E-state index < -0.39 is 0 Å². The number of carbonyl (C=O) groups is 1. The van der Waals surface area contributed by atoms with Gasteiger partial charge in [-0.05, 0) is 31.9 Å². The number of piperazine rings is 1. The number of rotatable bonds is 5. The molecule has 2 N–H and O–H groups in total. The van der Waals surface area contributed by atoms with E-state index in [9.17, 15) is 4.79 Å². The van der Waals surface area contributed by atoms with Crippen LogP contribution in [0.25, 0.3) is 0 Å². The Morgan fingerprint density at radius 2 is 1.75 bits per heavy atom. The number of carbonyl (C=O) groups excluding carboxylic acids is 1. The first kappa shape index (κ1) is 22.8. The SMILES string of the molecule is CCNC(=NCC(=O)NC1CCCCC1)N1CCN(c2ccccc2)CC1.I. The Morgan fingerprint density at radius 3 is 2.39 bits per heavy atom. The Morgan fingerprint density at radius 1 is 1.07 bits per heavy atom. The summed E-state index contributed by atoms with van der Waals surface area (Å²) < 4.78 is 0. The molecule has 1 saturated heterocycles. The summed E-state index contributed by atoms with van der Waals surface area (Å²) in [5.74, 6) is 0.893. The molecule has 0 spiro atoms. The van der Waals surface area contributed by atoms with Gasteiger partial charge in [0.15, 0.2) is 5.96 Å². The number of nitrogens with one attached hydrogen (secondary N) is 2. The first-order valence-corrected chi connectivity index (χ1v) is 10.4. The molecule has 1 aliphatic heterocycles. The number of amides is 1. The van der Waals surface area contributed by atoms with E-state index in [0.717, 1.165) is 51.5 Å². The minimum absolute atomic E-state index is 0. The van der Waals surface area contributed by atoms with Crippen LogP contribution in [0, 0.1) is 0 Å². The summed E-state index contributed by atoms with van der Waals surface area (Å²) in [6.07, 6.45) is 5.96. The van der Waals surface area contributed by atoms with E-state index in [1.54, 1.807) is 0 Å². The molecule has 1 heterocycles. The summed E-state index contributed by atoms with van der Waals surface area (Å²) in [6, 6.07) is 10.9. The number of aliphatic imine (C=N–C) groups is 1. The van der Waals surface area contributed by atoms with Gasteiger partial charge in [-0.1, -0.05) is 37.5 Å². The lowest BCUT2D eigenvalue weighted by molar-refractivity contribution is -0.120. The smallest absolute Gasteiger partial charge is 0.242 e. The average Bonchev–Trinajstić information content (AvgIpc) is 2.73. The zero-order valence-corrected chi connectivity index (χ0v) is 19.2. The summed E-state index contributed by atoms with van der Waals surface area (Å²) in [5.41, 5.74) is 1.27. The van der Waals surface area contributed by atoms with Gasteiger partial charge < -0.3 is 20.4 Å². The summed E-state index contributed by atoms with van der Waals surface area (Å²) in [4.78, 5) is 21.5. The largest absolute Gasteiger partial charge is 0.368 e. The van der Waals surface area contributed by atoms with Crippen LogP contribution in [0.2, 0.25) is 0 Å². The molecule has 0 bridgehead atoms. The second-order valence-corrected chi connectivity index (χ2v) is 7.38. The molecule has 3 rings (SSSR count). The lowest BCUT2D eigenvalue weighted by Gasteiger charge is -2.37. The third-order valence-corrected chi connectivity index (χ3v) is 5.38. The predicted octanol–water partition coefficient (Wildman–Crippen LogP) is 2.84. The van der Waals surface area contributed by atoms with Crippen LogP contribution in [0.3, 0.4) is 0 Å². The van der Waals surface area contributed by atoms with Crippen LogP contribution in [0.15, 0.2) is 35.3 Å². The van der Waals surface area contributed by atoms with Gasteiger partial charge in [-0.2, -0.15) is 0 Å². The fourth-order valence-electron chi connectivity index (χ4n) is 3.91. The molecule has 2 aliphatic rings. The Labute approximate surface area is 186 Å². The zero-order chi connectivity index (χ0) is 18.9. The maximum absolute atomic E-state index is 12.3. The van der Waals surface area contributed by atoms with Gasteiger partial charge in [0.05, 0.1) is 0 Å². The van der Waals surface area contributed by atoms with Gasteiger partial charge in [-0.3, -0.25) is 4.79 Å². The van der Waals surface area contributed by atoms with Crippen molar-refractivity contribution in [3.8, 4) is 0 Å². The van der Waals surface area contributed by atoms with Crippen LogP contribution in [-0.2, 0) is 4.79 Å². The average molecular weight is 499 g/mol. The highest BCUT2D eigenvalue weighted by Crippen LogP contribution is 2.17. The van der Waals surface area contributed by atoms with E-state index in [4.69, 9.17) is 0 Å². The minimum Gasteiger partial charge on any atom is -0.368 e. The minimum atomic E-state index is 0. The molecule has 1 saturated carbocycles. The van der Waals surface area contributed by atoms with E-state index in [1.807, 2.05) is 6.07 Å². The summed E-state index contributed by atoms with van der Waals surface area (Å²) in [6.45, 7) is 6.82. The van der Waals surface area contributed by atoms with Crippen LogP contribution in [0.4, 0.5) is 5.69 Å². The fraction of sp³-hybridized carbons (Fsp3) is 0.619. The normalized spacial score (nSPS) is 18.4. The Balaban J connectivity index is 0.00000280. The van der Waals surface area contributed by atoms with Crippen LogP contribution >= 0.6 is 24.0 Å². The molecule has 0 aromatic heterocycles.